The van der Waals surface area contributed by atoms with E-state index in [9.17, 15) is 4.79 Å². The van der Waals surface area contributed by atoms with Crippen molar-refractivity contribution in [3.8, 4) is 0 Å². The van der Waals surface area contributed by atoms with Crippen LogP contribution in [0.15, 0.2) is 36.5 Å². The lowest BCUT2D eigenvalue weighted by molar-refractivity contribution is 0.0756. The minimum atomic E-state index is -0.0132. The summed E-state index contributed by atoms with van der Waals surface area (Å²) in [5.41, 5.74) is 7.45. The lowest BCUT2D eigenvalue weighted by atomic mass is 10.1. The molecule has 1 aromatic carbocycles. The lowest BCUT2D eigenvalue weighted by Gasteiger charge is -2.21. The maximum Gasteiger partial charge on any atom is 0.271 e. The smallest absolute Gasteiger partial charge is 0.271 e. The summed E-state index contributed by atoms with van der Waals surface area (Å²) >= 11 is 0. The van der Waals surface area contributed by atoms with Crippen molar-refractivity contribution in [3.63, 3.8) is 0 Å². The van der Waals surface area contributed by atoms with Gasteiger partial charge in [0.15, 0.2) is 0 Å². The molecule has 1 amide bonds. The fraction of sp³-hybridized carbons (Fsp3) is 0.412. The van der Waals surface area contributed by atoms with E-state index >= 15 is 0 Å². The number of benzene rings is 1. The number of hydrogen-bond donors (Lipinski definition) is 2. The second-order valence-electron chi connectivity index (χ2n) is 5.77. The Hall–Kier alpha value is -1.56. The van der Waals surface area contributed by atoms with Crippen molar-refractivity contribution in [2.75, 3.05) is 19.6 Å². The van der Waals surface area contributed by atoms with E-state index in [1.165, 1.54) is 18.4 Å². The van der Waals surface area contributed by atoms with E-state index in [4.69, 9.17) is 5.73 Å². The predicted molar refractivity (Wildman–Crippen MR) is 100 cm³/mol. The molecule has 3 rings (SSSR count). The fourth-order valence-electron chi connectivity index (χ4n) is 2.56. The molecule has 0 saturated heterocycles. The third-order valence-corrected chi connectivity index (χ3v) is 3.99. The topological polar surface area (TPSA) is 75.0 Å². The zero-order chi connectivity index (χ0) is 15.4. The molecule has 0 unspecified atom stereocenters. The van der Waals surface area contributed by atoms with Gasteiger partial charge in [-0.3, -0.25) is 4.79 Å². The number of aromatic amines is 1. The van der Waals surface area contributed by atoms with Gasteiger partial charge in [-0.25, -0.2) is 4.98 Å². The first-order valence-corrected chi connectivity index (χ1v) is 7.86. The summed E-state index contributed by atoms with van der Waals surface area (Å²) in [5.74, 6) is 1.45. The number of amides is 1. The van der Waals surface area contributed by atoms with Gasteiger partial charge in [-0.1, -0.05) is 30.3 Å². The average Bonchev–Trinajstić information content (AvgIpc) is 3.29. The van der Waals surface area contributed by atoms with Crippen LogP contribution in [0.25, 0.3) is 0 Å². The number of carbonyl (C=O) groups is 1. The summed E-state index contributed by atoms with van der Waals surface area (Å²) in [4.78, 5) is 21.9. The standard InChI is InChI=1S/C17H22N4O.2ClH/c18-9-11-21(10-8-13-4-2-1-3-5-13)17(22)15-12-19-16(20-15)14-6-7-14;;/h1-5,12,14H,6-11,18H2,(H,19,20);2*1H. The van der Waals surface area contributed by atoms with Crippen molar-refractivity contribution in [3.05, 3.63) is 53.6 Å². The second-order valence-corrected chi connectivity index (χ2v) is 5.77. The van der Waals surface area contributed by atoms with E-state index < -0.39 is 0 Å². The highest BCUT2D eigenvalue weighted by molar-refractivity contribution is 5.92. The van der Waals surface area contributed by atoms with E-state index in [2.05, 4.69) is 22.1 Å². The summed E-state index contributed by atoms with van der Waals surface area (Å²) in [5, 5.41) is 0. The van der Waals surface area contributed by atoms with Gasteiger partial charge in [0.05, 0.1) is 6.20 Å². The van der Waals surface area contributed by atoms with E-state index in [-0.39, 0.29) is 30.7 Å². The summed E-state index contributed by atoms with van der Waals surface area (Å²) in [6, 6.07) is 10.2. The minimum Gasteiger partial charge on any atom is -0.338 e. The lowest BCUT2D eigenvalue weighted by Crippen LogP contribution is -2.37. The SMILES string of the molecule is Cl.Cl.NCCN(CCc1ccccc1)C(=O)c1cnc(C2CC2)[nH]1. The van der Waals surface area contributed by atoms with Gasteiger partial charge in [0.2, 0.25) is 0 Å². The Kier molecular flexibility index (Phi) is 8.25. The molecule has 3 N–H and O–H groups in total. The number of aromatic nitrogens is 2. The first kappa shape index (κ1) is 20.5. The van der Waals surface area contributed by atoms with Crippen molar-refractivity contribution < 1.29 is 4.79 Å². The van der Waals surface area contributed by atoms with Gasteiger partial charge in [-0.15, -0.1) is 24.8 Å². The van der Waals surface area contributed by atoms with Crippen LogP contribution >= 0.6 is 24.8 Å². The number of hydrogen-bond acceptors (Lipinski definition) is 3. The Morgan fingerprint density at radius 3 is 2.54 bits per heavy atom. The molecule has 1 heterocycles. The van der Waals surface area contributed by atoms with Gasteiger partial charge in [-0.05, 0) is 24.8 Å². The molecule has 24 heavy (non-hydrogen) atoms. The van der Waals surface area contributed by atoms with Crippen LogP contribution in [0, 0.1) is 0 Å². The van der Waals surface area contributed by atoms with Crippen LogP contribution < -0.4 is 5.73 Å². The molecule has 1 aliphatic rings. The molecule has 1 aliphatic carbocycles. The van der Waals surface area contributed by atoms with Crippen molar-refractivity contribution in [2.24, 2.45) is 5.73 Å². The van der Waals surface area contributed by atoms with Crippen molar-refractivity contribution in [2.45, 2.75) is 25.2 Å². The Labute approximate surface area is 154 Å². The summed E-state index contributed by atoms with van der Waals surface area (Å²) in [7, 11) is 0. The molecule has 0 spiro atoms. The highest BCUT2D eigenvalue weighted by Crippen LogP contribution is 2.38. The van der Waals surface area contributed by atoms with Crippen LogP contribution in [-0.4, -0.2) is 40.4 Å². The Morgan fingerprint density at radius 2 is 1.92 bits per heavy atom. The fourth-order valence-corrected chi connectivity index (χ4v) is 2.56. The van der Waals surface area contributed by atoms with Crippen LogP contribution in [0.5, 0.6) is 0 Å². The number of nitrogens with zero attached hydrogens (tertiary/aromatic N) is 2. The molecule has 0 radical (unpaired) electrons. The van der Waals surface area contributed by atoms with E-state index in [0.717, 1.165) is 12.2 Å². The average molecular weight is 371 g/mol. The van der Waals surface area contributed by atoms with Crippen LogP contribution in [0.2, 0.25) is 0 Å². The van der Waals surface area contributed by atoms with E-state index in [1.807, 2.05) is 18.2 Å². The monoisotopic (exact) mass is 370 g/mol. The van der Waals surface area contributed by atoms with Gasteiger partial charge >= 0.3 is 0 Å². The van der Waals surface area contributed by atoms with Crippen molar-refractivity contribution >= 4 is 30.7 Å². The van der Waals surface area contributed by atoms with Gasteiger partial charge in [-0.2, -0.15) is 0 Å². The molecule has 7 heteroatoms. The Morgan fingerprint density at radius 1 is 1.21 bits per heavy atom. The summed E-state index contributed by atoms with van der Waals surface area (Å²) < 4.78 is 0. The number of H-pyrrole nitrogens is 1. The largest absolute Gasteiger partial charge is 0.338 e. The highest BCUT2D eigenvalue weighted by atomic mass is 35.5. The zero-order valence-corrected chi connectivity index (χ0v) is 15.1. The molecule has 1 aromatic heterocycles. The van der Waals surface area contributed by atoms with Crippen LogP contribution in [0.1, 0.15) is 40.6 Å². The molecule has 132 valence electrons. The third kappa shape index (κ3) is 5.23. The van der Waals surface area contributed by atoms with E-state index in [1.54, 1.807) is 11.1 Å². The van der Waals surface area contributed by atoms with Crippen LogP contribution in [0.3, 0.4) is 0 Å². The van der Waals surface area contributed by atoms with Crippen molar-refractivity contribution in [1.82, 2.24) is 14.9 Å². The number of nitrogens with one attached hydrogen (secondary N) is 1. The molecular weight excluding hydrogens is 347 g/mol. The summed E-state index contributed by atoms with van der Waals surface area (Å²) in [6.45, 7) is 1.69. The zero-order valence-electron chi connectivity index (χ0n) is 13.5. The highest BCUT2D eigenvalue weighted by Gasteiger charge is 2.27. The van der Waals surface area contributed by atoms with Gasteiger partial charge in [0, 0.05) is 25.6 Å². The molecule has 2 aromatic rings. The van der Waals surface area contributed by atoms with Crippen LogP contribution in [-0.2, 0) is 6.42 Å². The minimum absolute atomic E-state index is 0. The van der Waals surface area contributed by atoms with Crippen molar-refractivity contribution in [1.29, 1.82) is 0 Å². The molecule has 0 bridgehead atoms. The normalized spacial score (nSPS) is 12.9. The number of rotatable bonds is 7. The molecule has 1 fully saturated rings. The first-order valence-electron chi connectivity index (χ1n) is 7.86. The maximum atomic E-state index is 12.6. The number of imidazole rings is 1. The Bertz CT molecular complexity index is 629. The molecular formula is C17H24Cl2N4O. The number of halogens is 2. The summed E-state index contributed by atoms with van der Waals surface area (Å²) in [6.07, 6.45) is 4.82. The molecule has 5 nitrogen and oxygen atoms in total. The molecule has 0 aliphatic heterocycles. The number of nitrogens with two attached hydrogens (primary N) is 1. The van der Waals surface area contributed by atoms with E-state index in [0.29, 0.717) is 31.2 Å². The quantitative estimate of drug-likeness (QED) is 0.786. The van der Waals surface area contributed by atoms with Gasteiger partial charge < -0.3 is 15.6 Å². The van der Waals surface area contributed by atoms with Gasteiger partial charge in [0.25, 0.3) is 5.91 Å². The predicted octanol–water partition coefficient (Wildman–Crippen LogP) is 2.77. The second kappa shape index (κ2) is 9.67. The molecule has 1 saturated carbocycles. The van der Waals surface area contributed by atoms with Gasteiger partial charge in [0.1, 0.15) is 11.5 Å². The maximum absolute atomic E-state index is 12.6. The third-order valence-electron chi connectivity index (χ3n) is 3.99. The Balaban J connectivity index is 0.00000144. The molecule has 0 atom stereocenters. The first-order chi connectivity index (χ1) is 10.8. The number of carbonyl (C=O) groups excluding carboxylic acids is 1. The van der Waals surface area contributed by atoms with Crippen LogP contribution in [0.4, 0.5) is 0 Å².